The Hall–Kier alpha value is -2.30. The van der Waals surface area contributed by atoms with Crippen molar-refractivity contribution in [2.24, 2.45) is 0 Å². The number of ether oxygens (including phenoxy) is 1. The maximum absolute atomic E-state index is 12.2. The number of rotatable bonds is 5. The normalized spacial score (nSPS) is 10.4. The molecule has 1 N–H and O–H groups in total. The van der Waals surface area contributed by atoms with Gasteiger partial charge >= 0.3 is 0 Å². The Labute approximate surface area is 149 Å². The molecule has 0 aliphatic rings. The summed E-state index contributed by atoms with van der Waals surface area (Å²) in [5.74, 6) is 1.17. The summed E-state index contributed by atoms with van der Waals surface area (Å²) in [6, 6.07) is 14.9. The zero-order valence-corrected chi connectivity index (χ0v) is 14.7. The lowest BCUT2D eigenvalue weighted by molar-refractivity contribution is -0.115. The number of nitrogens with one attached hydrogen (secondary N) is 1. The van der Waals surface area contributed by atoms with E-state index in [9.17, 15) is 4.79 Å². The summed E-state index contributed by atoms with van der Waals surface area (Å²) >= 11 is 7.64. The van der Waals surface area contributed by atoms with Crippen LogP contribution in [-0.4, -0.2) is 5.91 Å². The van der Waals surface area contributed by atoms with Gasteiger partial charge in [-0.2, -0.15) is 11.3 Å². The molecule has 0 spiro atoms. The monoisotopic (exact) mass is 357 g/mol. The van der Waals surface area contributed by atoms with Gasteiger partial charge in [-0.15, -0.1) is 0 Å². The average Bonchev–Trinajstić information content (AvgIpc) is 3.03. The van der Waals surface area contributed by atoms with Crippen LogP contribution < -0.4 is 10.1 Å². The third-order valence-electron chi connectivity index (χ3n) is 3.38. The standard InChI is InChI=1S/C19H16ClNO2S/c1-13-3-2-4-16(9-13)23-18-6-5-15(20)11-17(18)21-19(22)10-14-7-8-24-12-14/h2-9,11-12H,10H2,1H3,(H,21,22). The number of halogens is 1. The molecule has 0 unspecified atom stereocenters. The number of amides is 1. The minimum atomic E-state index is -0.107. The van der Waals surface area contributed by atoms with Crippen LogP contribution >= 0.6 is 22.9 Å². The van der Waals surface area contributed by atoms with Crippen molar-refractivity contribution in [2.75, 3.05) is 5.32 Å². The number of carbonyl (C=O) groups is 1. The minimum absolute atomic E-state index is 0.107. The Kier molecular flexibility index (Phi) is 5.18. The van der Waals surface area contributed by atoms with Crippen LogP contribution in [0.1, 0.15) is 11.1 Å². The van der Waals surface area contributed by atoms with E-state index in [-0.39, 0.29) is 5.91 Å². The number of hydrogen-bond donors (Lipinski definition) is 1. The summed E-state index contributed by atoms with van der Waals surface area (Å²) < 4.78 is 5.91. The van der Waals surface area contributed by atoms with Crippen molar-refractivity contribution < 1.29 is 9.53 Å². The van der Waals surface area contributed by atoms with Crippen molar-refractivity contribution in [1.29, 1.82) is 0 Å². The van der Waals surface area contributed by atoms with Gasteiger partial charge in [0.15, 0.2) is 5.75 Å². The Morgan fingerprint density at radius 1 is 1.21 bits per heavy atom. The molecular formula is C19H16ClNO2S. The molecule has 1 amide bonds. The van der Waals surface area contributed by atoms with E-state index in [2.05, 4.69) is 5.32 Å². The van der Waals surface area contributed by atoms with Gasteiger partial charge in [0.05, 0.1) is 12.1 Å². The highest BCUT2D eigenvalue weighted by Gasteiger charge is 2.11. The Morgan fingerprint density at radius 3 is 2.83 bits per heavy atom. The fourth-order valence-electron chi connectivity index (χ4n) is 2.27. The van der Waals surface area contributed by atoms with Crippen LogP contribution in [0.2, 0.25) is 5.02 Å². The maximum Gasteiger partial charge on any atom is 0.228 e. The second kappa shape index (κ2) is 7.51. The lowest BCUT2D eigenvalue weighted by Gasteiger charge is -2.13. The highest BCUT2D eigenvalue weighted by atomic mass is 35.5. The number of thiophene rings is 1. The molecule has 24 heavy (non-hydrogen) atoms. The van der Waals surface area contributed by atoms with Gasteiger partial charge < -0.3 is 10.1 Å². The predicted molar refractivity (Wildman–Crippen MR) is 99.4 cm³/mol. The van der Waals surface area contributed by atoms with Gasteiger partial charge in [0, 0.05) is 5.02 Å². The lowest BCUT2D eigenvalue weighted by atomic mass is 10.2. The SMILES string of the molecule is Cc1cccc(Oc2ccc(Cl)cc2NC(=O)Cc2ccsc2)c1. The fraction of sp³-hybridized carbons (Fsp3) is 0.105. The quantitative estimate of drug-likeness (QED) is 0.637. The summed E-state index contributed by atoms with van der Waals surface area (Å²) in [5, 5.41) is 7.33. The first-order valence-corrected chi connectivity index (χ1v) is 8.77. The van der Waals surface area contributed by atoms with Gasteiger partial charge in [0.1, 0.15) is 5.75 Å². The van der Waals surface area contributed by atoms with Crippen LogP contribution in [0, 0.1) is 6.92 Å². The van der Waals surface area contributed by atoms with Crippen molar-refractivity contribution >= 4 is 34.5 Å². The van der Waals surface area contributed by atoms with Gasteiger partial charge in [-0.1, -0.05) is 23.7 Å². The second-order valence-corrected chi connectivity index (χ2v) is 6.63. The Morgan fingerprint density at radius 2 is 2.08 bits per heavy atom. The zero-order valence-electron chi connectivity index (χ0n) is 13.1. The van der Waals surface area contributed by atoms with Gasteiger partial charge in [0.2, 0.25) is 5.91 Å². The van der Waals surface area contributed by atoms with Gasteiger partial charge in [0.25, 0.3) is 0 Å². The molecule has 0 radical (unpaired) electrons. The number of hydrogen-bond acceptors (Lipinski definition) is 3. The molecular weight excluding hydrogens is 342 g/mol. The number of benzene rings is 2. The molecule has 3 nitrogen and oxygen atoms in total. The number of anilines is 1. The topological polar surface area (TPSA) is 38.3 Å². The minimum Gasteiger partial charge on any atom is -0.455 e. The molecule has 122 valence electrons. The molecule has 0 aliphatic carbocycles. The van der Waals surface area contributed by atoms with Gasteiger partial charge in [-0.05, 0) is 65.2 Å². The molecule has 0 fully saturated rings. The molecule has 1 aromatic heterocycles. The fourth-order valence-corrected chi connectivity index (χ4v) is 3.11. The first-order chi connectivity index (χ1) is 11.6. The number of carbonyl (C=O) groups excluding carboxylic acids is 1. The van der Waals surface area contributed by atoms with Crippen LogP contribution in [0.3, 0.4) is 0 Å². The van der Waals surface area contributed by atoms with Crippen LogP contribution in [0.15, 0.2) is 59.3 Å². The van der Waals surface area contributed by atoms with Gasteiger partial charge in [-0.25, -0.2) is 0 Å². The first kappa shape index (κ1) is 16.6. The van der Waals surface area contributed by atoms with E-state index in [4.69, 9.17) is 16.3 Å². The molecule has 0 atom stereocenters. The second-order valence-electron chi connectivity index (χ2n) is 5.42. The van der Waals surface area contributed by atoms with Crippen LogP contribution in [0.4, 0.5) is 5.69 Å². The summed E-state index contributed by atoms with van der Waals surface area (Å²) in [7, 11) is 0. The zero-order chi connectivity index (χ0) is 16.9. The van der Waals surface area contributed by atoms with Crippen molar-refractivity contribution in [3.05, 3.63) is 75.4 Å². The molecule has 0 bridgehead atoms. The molecule has 3 aromatic rings. The smallest absolute Gasteiger partial charge is 0.228 e. The molecule has 0 saturated carbocycles. The largest absolute Gasteiger partial charge is 0.455 e. The van der Waals surface area contributed by atoms with Crippen LogP contribution in [0.5, 0.6) is 11.5 Å². The van der Waals surface area contributed by atoms with Crippen molar-refractivity contribution in [3.8, 4) is 11.5 Å². The molecule has 0 aliphatic heterocycles. The van der Waals surface area contributed by atoms with E-state index in [1.54, 1.807) is 29.5 Å². The van der Waals surface area contributed by atoms with Crippen molar-refractivity contribution in [1.82, 2.24) is 0 Å². The summed E-state index contributed by atoms with van der Waals surface area (Å²) in [5.41, 5.74) is 2.65. The third kappa shape index (κ3) is 4.37. The highest BCUT2D eigenvalue weighted by molar-refractivity contribution is 7.08. The Balaban J connectivity index is 1.79. The van der Waals surface area contributed by atoms with E-state index in [1.165, 1.54) is 0 Å². The Bertz CT molecular complexity index is 846. The summed E-state index contributed by atoms with van der Waals surface area (Å²) in [6.07, 6.45) is 0.319. The average molecular weight is 358 g/mol. The van der Waals surface area contributed by atoms with Gasteiger partial charge in [-0.3, -0.25) is 4.79 Å². The van der Waals surface area contributed by atoms with E-state index >= 15 is 0 Å². The summed E-state index contributed by atoms with van der Waals surface area (Å²) in [6.45, 7) is 2.00. The third-order valence-corrected chi connectivity index (χ3v) is 4.34. The van der Waals surface area contributed by atoms with E-state index in [0.717, 1.165) is 11.1 Å². The maximum atomic E-state index is 12.2. The molecule has 0 saturated heterocycles. The molecule has 1 heterocycles. The van der Waals surface area contributed by atoms with E-state index < -0.39 is 0 Å². The highest BCUT2D eigenvalue weighted by Crippen LogP contribution is 2.32. The lowest BCUT2D eigenvalue weighted by Crippen LogP contribution is -2.14. The molecule has 5 heteroatoms. The molecule has 3 rings (SSSR count). The van der Waals surface area contributed by atoms with E-state index in [1.807, 2.05) is 48.0 Å². The summed E-state index contributed by atoms with van der Waals surface area (Å²) in [4.78, 5) is 12.2. The van der Waals surface area contributed by atoms with Crippen molar-refractivity contribution in [2.45, 2.75) is 13.3 Å². The van der Waals surface area contributed by atoms with Crippen LogP contribution in [0.25, 0.3) is 0 Å². The molecule has 2 aromatic carbocycles. The first-order valence-electron chi connectivity index (χ1n) is 7.45. The van der Waals surface area contributed by atoms with E-state index in [0.29, 0.717) is 28.6 Å². The number of aryl methyl sites for hydroxylation is 1. The van der Waals surface area contributed by atoms with Crippen molar-refractivity contribution in [3.63, 3.8) is 0 Å². The van der Waals surface area contributed by atoms with Crippen LogP contribution in [-0.2, 0) is 11.2 Å². The predicted octanol–water partition coefficient (Wildman–Crippen LogP) is 5.68.